The van der Waals surface area contributed by atoms with Crippen molar-refractivity contribution in [2.24, 2.45) is 0 Å². The first-order chi connectivity index (χ1) is 25.9. The quantitative estimate of drug-likeness (QED) is 0.123. The van der Waals surface area contributed by atoms with E-state index in [1.807, 2.05) is 60.7 Å². The molecule has 0 unspecified atom stereocenters. The predicted molar refractivity (Wildman–Crippen MR) is 217 cm³/mol. The molecule has 0 spiro atoms. The van der Waals surface area contributed by atoms with Gasteiger partial charge in [-0.1, -0.05) is 146 Å². The molecule has 0 radical (unpaired) electrons. The fourth-order valence-electron chi connectivity index (χ4n) is 8.35. The van der Waals surface area contributed by atoms with Crippen molar-refractivity contribution in [1.82, 2.24) is 0 Å². The van der Waals surface area contributed by atoms with Crippen LogP contribution in [0.3, 0.4) is 0 Å². The molecule has 8 aromatic rings. The fraction of sp³-hybridized carbons (Fsp3) is 0.0612. The van der Waals surface area contributed by atoms with Gasteiger partial charge < -0.3 is 11.5 Å². The SMILES string of the molecule is Nc1cc(C(=O)Cc2ccc(C3(c4ccc(CC(=O)c5cc(N)c6ccccc6c5)cc4)c4ccccc4-c4ccccc43)cc2)cc2ccccc12. The average Bonchev–Trinajstić information content (AvgIpc) is 3.49. The number of carbonyl (C=O) groups excluding carboxylic acids is 2. The zero-order chi connectivity index (χ0) is 36.1. The molecule has 0 aromatic heterocycles. The molecule has 1 aliphatic carbocycles. The van der Waals surface area contributed by atoms with Crippen molar-refractivity contribution in [2.45, 2.75) is 18.3 Å². The molecule has 4 nitrogen and oxygen atoms in total. The number of benzene rings is 8. The molecule has 1 aliphatic rings. The Hall–Kier alpha value is -6.78. The highest BCUT2D eigenvalue weighted by molar-refractivity contribution is 6.05. The van der Waals surface area contributed by atoms with Gasteiger partial charge in [-0.2, -0.15) is 0 Å². The van der Waals surface area contributed by atoms with Gasteiger partial charge in [-0.15, -0.1) is 0 Å². The highest BCUT2D eigenvalue weighted by atomic mass is 16.1. The molecule has 0 fully saturated rings. The maximum absolute atomic E-state index is 13.6. The minimum atomic E-state index is -0.599. The molecule has 0 heterocycles. The van der Waals surface area contributed by atoms with E-state index in [-0.39, 0.29) is 24.4 Å². The Morgan fingerprint density at radius 2 is 0.811 bits per heavy atom. The summed E-state index contributed by atoms with van der Waals surface area (Å²) in [5.41, 5.74) is 23.4. The van der Waals surface area contributed by atoms with E-state index in [1.165, 1.54) is 22.3 Å². The fourth-order valence-corrected chi connectivity index (χ4v) is 8.35. The summed E-state index contributed by atoms with van der Waals surface area (Å²) in [5, 5.41) is 3.82. The predicted octanol–water partition coefficient (Wildman–Crippen LogP) is 10.4. The largest absolute Gasteiger partial charge is 0.398 e. The highest BCUT2D eigenvalue weighted by Gasteiger charge is 2.45. The third-order valence-corrected chi connectivity index (χ3v) is 10.9. The average molecular weight is 685 g/mol. The van der Waals surface area contributed by atoms with Crippen LogP contribution in [0.5, 0.6) is 0 Å². The van der Waals surface area contributed by atoms with E-state index in [1.54, 1.807) is 12.1 Å². The molecule has 0 amide bonds. The number of ketones is 2. The van der Waals surface area contributed by atoms with Crippen LogP contribution in [-0.4, -0.2) is 11.6 Å². The first kappa shape index (κ1) is 32.1. The molecule has 9 rings (SSSR count). The zero-order valence-electron chi connectivity index (χ0n) is 29.1. The number of anilines is 2. The second-order valence-corrected chi connectivity index (χ2v) is 14.0. The van der Waals surface area contributed by atoms with E-state index in [9.17, 15) is 9.59 Å². The molecule has 8 aromatic carbocycles. The molecule has 4 heteroatoms. The summed E-state index contributed by atoms with van der Waals surface area (Å²) in [7, 11) is 0. The number of hydrogen-bond donors (Lipinski definition) is 2. The first-order valence-electron chi connectivity index (χ1n) is 17.9. The van der Waals surface area contributed by atoms with E-state index in [0.29, 0.717) is 22.5 Å². The van der Waals surface area contributed by atoms with E-state index in [0.717, 1.165) is 43.8 Å². The van der Waals surface area contributed by atoms with Gasteiger partial charge in [0.15, 0.2) is 11.6 Å². The lowest BCUT2D eigenvalue weighted by Gasteiger charge is -2.34. The minimum Gasteiger partial charge on any atom is -0.398 e. The second kappa shape index (κ2) is 12.8. The van der Waals surface area contributed by atoms with Crippen LogP contribution in [-0.2, 0) is 18.3 Å². The van der Waals surface area contributed by atoms with E-state index >= 15 is 0 Å². The van der Waals surface area contributed by atoms with Crippen molar-refractivity contribution in [3.63, 3.8) is 0 Å². The molecule has 0 bridgehead atoms. The number of nitrogens with two attached hydrogens (primary N) is 2. The van der Waals surface area contributed by atoms with Gasteiger partial charge in [0.2, 0.25) is 0 Å². The standard InChI is InChI=1S/C49H36N2O2/c50-45-29-35(27-33-9-1-3-11-39(33)45)47(52)25-31-17-21-37(22-18-31)49(43-15-7-5-13-41(43)42-14-6-8-16-44(42)49)38-23-19-32(20-24-38)26-48(53)36-28-34-10-2-4-12-40(34)46(51)30-36/h1-24,27-30H,25-26,50-51H2. The molecule has 0 saturated carbocycles. The summed E-state index contributed by atoms with van der Waals surface area (Å²) in [6, 6.07) is 57.3. The monoisotopic (exact) mass is 684 g/mol. The zero-order valence-corrected chi connectivity index (χ0v) is 29.1. The van der Waals surface area contributed by atoms with Crippen LogP contribution < -0.4 is 11.5 Å². The second-order valence-electron chi connectivity index (χ2n) is 14.0. The molecular weight excluding hydrogens is 649 g/mol. The number of rotatable bonds is 8. The Kier molecular flexibility index (Phi) is 7.74. The van der Waals surface area contributed by atoms with Crippen molar-refractivity contribution in [3.8, 4) is 11.1 Å². The summed E-state index contributed by atoms with van der Waals surface area (Å²) in [6.07, 6.45) is 0.535. The van der Waals surface area contributed by atoms with Crippen molar-refractivity contribution < 1.29 is 9.59 Å². The Morgan fingerprint density at radius 1 is 0.434 bits per heavy atom. The Labute approximate surface area is 308 Å². The van der Waals surface area contributed by atoms with Crippen molar-refractivity contribution in [2.75, 3.05) is 11.5 Å². The Morgan fingerprint density at radius 3 is 1.25 bits per heavy atom. The normalized spacial score (nSPS) is 12.8. The summed E-state index contributed by atoms with van der Waals surface area (Å²) in [4.78, 5) is 27.1. The summed E-state index contributed by atoms with van der Waals surface area (Å²) >= 11 is 0. The molecule has 0 atom stereocenters. The summed E-state index contributed by atoms with van der Waals surface area (Å²) < 4.78 is 0. The van der Waals surface area contributed by atoms with Gasteiger partial charge in [0, 0.05) is 46.1 Å². The molecule has 254 valence electrons. The summed E-state index contributed by atoms with van der Waals surface area (Å²) in [5.74, 6) is 0.0518. The Balaban J connectivity index is 1.07. The topological polar surface area (TPSA) is 86.2 Å². The van der Waals surface area contributed by atoms with Gasteiger partial charge >= 0.3 is 0 Å². The van der Waals surface area contributed by atoms with Crippen molar-refractivity contribution in [3.05, 3.63) is 214 Å². The van der Waals surface area contributed by atoms with Crippen LogP contribution >= 0.6 is 0 Å². The van der Waals surface area contributed by atoms with Crippen LogP contribution in [0.15, 0.2) is 170 Å². The van der Waals surface area contributed by atoms with Crippen molar-refractivity contribution in [1.29, 1.82) is 0 Å². The highest BCUT2D eigenvalue weighted by Crippen LogP contribution is 2.56. The van der Waals surface area contributed by atoms with Crippen LogP contribution in [0.1, 0.15) is 54.1 Å². The number of Topliss-reactive ketones (excluding diaryl/α,β-unsaturated/α-hetero) is 2. The van der Waals surface area contributed by atoms with Gasteiger partial charge in [-0.25, -0.2) is 0 Å². The lowest BCUT2D eigenvalue weighted by molar-refractivity contribution is 0.0985. The number of hydrogen-bond acceptors (Lipinski definition) is 4. The van der Waals surface area contributed by atoms with Crippen LogP contribution in [0.25, 0.3) is 32.7 Å². The maximum Gasteiger partial charge on any atom is 0.167 e. The lowest BCUT2D eigenvalue weighted by Crippen LogP contribution is -2.28. The molecular formula is C49H36N2O2. The third-order valence-electron chi connectivity index (χ3n) is 10.9. The van der Waals surface area contributed by atoms with Gasteiger partial charge in [-0.3, -0.25) is 9.59 Å². The Bertz CT molecular complexity index is 2540. The number of fused-ring (bicyclic) bond motifs is 5. The first-order valence-corrected chi connectivity index (χ1v) is 17.9. The number of nitrogen functional groups attached to an aromatic ring is 2. The van der Waals surface area contributed by atoms with Crippen molar-refractivity contribution >= 4 is 44.5 Å². The molecule has 4 N–H and O–H groups in total. The van der Waals surface area contributed by atoms with Crippen LogP contribution in [0.4, 0.5) is 11.4 Å². The van der Waals surface area contributed by atoms with E-state index in [2.05, 4.69) is 97.1 Å². The maximum atomic E-state index is 13.6. The molecule has 0 aliphatic heterocycles. The van der Waals surface area contributed by atoms with Gasteiger partial charge in [-0.05, 0) is 79.5 Å². The molecule has 0 saturated heterocycles. The van der Waals surface area contributed by atoms with Gasteiger partial charge in [0.1, 0.15) is 0 Å². The number of carbonyl (C=O) groups is 2. The van der Waals surface area contributed by atoms with Crippen LogP contribution in [0, 0.1) is 0 Å². The van der Waals surface area contributed by atoms with Gasteiger partial charge in [0.05, 0.1) is 5.41 Å². The summed E-state index contributed by atoms with van der Waals surface area (Å²) in [6.45, 7) is 0. The van der Waals surface area contributed by atoms with E-state index in [4.69, 9.17) is 11.5 Å². The van der Waals surface area contributed by atoms with Gasteiger partial charge in [0.25, 0.3) is 0 Å². The third kappa shape index (κ3) is 5.39. The molecule has 53 heavy (non-hydrogen) atoms. The minimum absolute atomic E-state index is 0.0259. The smallest absolute Gasteiger partial charge is 0.167 e. The van der Waals surface area contributed by atoms with Crippen LogP contribution in [0.2, 0.25) is 0 Å². The lowest BCUT2D eigenvalue weighted by atomic mass is 9.67. The van der Waals surface area contributed by atoms with E-state index < -0.39 is 5.41 Å².